The van der Waals surface area contributed by atoms with Crippen molar-refractivity contribution in [3.8, 4) is 5.75 Å². The van der Waals surface area contributed by atoms with Gasteiger partial charge in [-0.3, -0.25) is 0 Å². The Morgan fingerprint density at radius 2 is 2.24 bits per heavy atom. The van der Waals surface area contributed by atoms with Crippen molar-refractivity contribution >= 4 is 11.3 Å². The molecule has 0 bridgehead atoms. The molecule has 2 rings (SSSR count). The topological polar surface area (TPSA) is 29.5 Å². The van der Waals surface area contributed by atoms with Crippen LogP contribution in [0.2, 0.25) is 0 Å². The van der Waals surface area contributed by atoms with Gasteiger partial charge in [0.2, 0.25) is 0 Å². The molecule has 0 spiro atoms. The molecule has 0 aliphatic heterocycles. The Morgan fingerprint density at radius 3 is 2.94 bits per heavy atom. The fraction of sp³-hybridized carbons (Fsp3) is 0.286. The molecule has 2 nitrogen and oxygen atoms in total. The molecular formula is C14H16O2S. The first-order chi connectivity index (χ1) is 8.29. The number of thiophene rings is 1. The number of aliphatic hydroxyl groups is 1. The lowest BCUT2D eigenvalue weighted by Gasteiger charge is -2.11. The molecule has 1 atom stereocenters. The summed E-state index contributed by atoms with van der Waals surface area (Å²) in [4.78, 5) is 0. The zero-order valence-corrected chi connectivity index (χ0v) is 10.6. The first kappa shape index (κ1) is 12.1. The molecule has 0 aliphatic rings. The van der Waals surface area contributed by atoms with E-state index in [4.69, 9.17) is 4.74 Å². The highest BCUT2D eigenvalue weighted by Gasteiger charge is 2.09. The van der Waals surface area contributed by atoms with Gasteiger partial charge in [0.15, 0.2) is 0 Å². The SMILES string of the molecule is CCOc1cccc(C(O)Cc2ccsc2)c1. The maximum atomic E-state index is 10.1. The molecular weight excluding hydrogens is 232 g/mol. The lowest BCUT2D eigenvalue weighted by molar-refractivity contribution is 0.178. The van der Waals surface area contributed by atoms with E-state index in [1.807, 2.05) is 42.6 Å². The second-order valence-corrected chi connectivity index (χ2v) is 4.64. The Morgan fingerprint density at radius 1 is 1.35 bits per heavy atom. The van der Waals surface area contributed by atoms with E-state index in [0.29, 0.717) is 13.0 Å². The zero-order valence-electron chi connectivity index (χ0n) is 9.80. The van der Waals surface area contributed by atoms with Gasteiger partial charge >= 0.3 is 0 Å². The summed E-state index contributed by atoms with van der Waals surface area (Å²) in [6.07, 6.45) is 0.184. The Kier molecular flexibility index (Phi) is 4.18. The normalized spacial score (nSPS) is 12.4. The Labute approximate surface area is 105 Å². The molecule has 17 heavy (non-hydrogen) atoms. The van der Waals surface area contributed by atoms with Crippen molar-refractivity contribution in [2.45, 2.75) is 19.4 Å². The molecule has 1 aromatic carbocycles. The van der Waals surface area contributed by atoms with Crippen molar-refractivity contribution in [2.24, 2.45) is 0 Å². The maximum absolute atomic E-state index is 10.1. The van der Waals surface area contributed by atoms with Crippen LogP contribution < -0.4 is 4.74 Å². The van der Waals surface area contributed by atoms with Gasteiger partial charge in [0, 0.05) is 6.42 Å². The molecule has 1 N–H and O–H groups in total. The number of rotatable bonds is 5. The molecule has 2 aromatic rings. The van der Waals surface area contributed by atoms with Crippen LogP contribution in [0.1, 0.15) is 24.2 Å². The van der Waals surface area contributed by atoms with Crippen molar-refractivity contribution in [3.63, 3.8) is 0 Å². The Bertz CT molecular complexity index is 451. The summed E-state index contributed by atoms with van der Waals surface area (Å²) < 4.78 is 5.42. The summed E-state index contributed by atoms with van der Waals surface area (Å²) in [5, 5.41) is 14.2. The summed E-state index contributed by atoms with van der Waals surface area (Å²) in [5.74, 6) is 0.814. The van der Waals surface area contributed by atoms with E-state index in [2.05, 4.69) is 5.38 Å². The highest BCUT2D eigenvalue weighted by Crippen LogP contribution is 2.23. The predicted molar refractivity (Wildman–Crippen MR) is 70.6 cm³/mol. The average molecular weight is 248 g/mol. The van der Waals surface area contributed by atoms with Crippen molar-refractivity contribution < 1.29 is 9.84 Å². The van der Waals surface area contributed by atoms with E-state index in [1.165, 1.54) is 5.56 Å². The molecule has 1 unspecified atom stereocenters. The third-order valence-electron chi connectivity index (χ3n) is 2.56. The fourth-order valence-electron chi connectivity index (χ4n) is 1.73. The molecule has 1 heterocycles. The first-order valence-electron chi connectivity index (χ1n) is 5.71. The van der Waals surface area contributed by atoms with Gasteiger partial charge in [0.05, 0.1) is 12.7 Å². The van der Waals surface area contributed by atoms with Gasteiger partial charge in [-0.25, -0.2) is 0 Å². The monoisotopic (exact) mass is 248 g/mol. The minimum Gasteiger partial charge on any atom is -0.494 e. The molecule has 0 radical (unpaired) electrons. The first-order valence-corrected chi connectivity index (χ1v) is 6.65. The van der Waals surface area contributed by atoms with E-state index in [9.17, 15) is 5.11 Å². The Balaban J connectivity index is 2.07. The minimum absolute atomic E-state index is 0.468. The molecule has 3 heteroatoms. The van der Waals surface area contributed by atoms with Crippen LogP contribution in [-0.2, 0) is 6.42 Å². The minimum atomic E-state index is -0.468. The van der Waals surface area contributed by atoms with Gasteiger partial charge in [0.1, 0.15) is 5.75 Å². The smallest absolute Gasteiger partial charge is 0.119 e. The number of aliphatic hydroxyl groups excluding tert-OH is 1. The van der Waals surface area contributed by atoms with Crippen molar-refractivity contribution in [2.75, 3.05) is 6.61 Å². The van der Waals surface area contributed by atoms with E-state index in [0.717, 1.165) is 11.3 Å². The number of ether oxygens (including phenoxy) is 1. The maximum Gasteiger partial charge on any atom is 0.119 e. The average Bonchev–Trinajstić information content (AvgIpc) is 2.83. The van der Waals surface area contributed by atoms with Crippen LogP contribution in [0, 0.1) is 0 Å². The van der Waals surface area contributed by atoms with Crippen LogP contribution in [-0.4, -0.2) is 11.7 Å². The predicted octanol–water partition coefficient (Wildman–Crippen LogP) is 3.42. The van der Waals surface area contributed by atoms with Gasteiger partial charge in [-0.15, -0.1) is 0 Å². The zero-order chi connectivity index (χ0) is 12.1. The summed E-state index contributed by atoms with van der Waals surface area (Å²) >= 11 is 1.65. The number of benzene rings is 1. The molecule has 0 aliphatic carbocycles. The van der Waals surface area contributed by atoms with Crippen LogP contribution in [0.3, 0.4) is 0 Å². The van der Waals surface area contributed by atoms with Gasteiger partial charge in [-0.05, 0) is 47.0 Å². The Hall–Kier alpha value is -1.32. The summed E-state index contributed by atoms with van der Waals surface area (Å²) in [7, 11) is 0. The lowest BCUT2D eigenvalue weighted by atomic mass is 10.0. The highest BCUT2D eigenvalue weighted by molar-refractivity contribution is 7.07. The lowest BCUT2D eigenvalue weighted by Crippen LogP contribution is -2.01. The van der Waals surface area contributed by atoms with Crippen LogP contribution in [0.4, 0.5) is 0 Å². The number of hydrogen-bond acceptors (Lipinski definition) is 3. The van der Waals surface area contributed by atoms with Gasteiger partial charge in [-0.1, -0.05) is 12.1 Å². The fourth-order valence-corrected chi connectivity index (χ4v) is 2.41. The van der Waals surface area contributed by atoms with Gasteiger partial charge in [-0.2, -0.15) is 11.3 Å². The standard InChI is InChI=1S/C14H16O2S/c1-2-16-13-5-3-4-12(9-13)14(15)8-11-6-7-17-10-11/h3-7,9-10,14-15H,2,8H2,1H3. The molecule has 0 saturated heterocycles. The quantitative estimate of drug-likeness (QED) is 0.878. The third-order valence-corrected chi connectivity index (χ3v) is 3.30. The van der Waals surface area contributed by atoms with E-state index < -0.39 is 6.10 Å². The molecule has 0 amide bonds. The van der Waals surface area contributed by atoms with Crippen LogP contribution in [0.5, 0.6) is 5.75 Å². The van der Waals surface area contributed by atoms with Crippen LogP contribution >= 0.6 is 11.3 Å². The van der Waals surface area contributed by atoms with Crippen molar-refractivity contribution in [1.82, 2.24) is 0 Å². The van der Waals surface area contributed by atoms with Crippen LogP contribution in [0.15, 0.2) is 41.1 Å². The van der Waals surface area contributed by atoms with Crippen molar-refractivity contribution in [1.29, 1.82) is 0 Å². The molecule has 90 valence electrons. The van der Waals surface area contributed by atoms with Crippen molar-refractivity contribution in [3.05, 3.63) is 52.2 Å². The molecule has 0 fully saturated rings. The van der Waals surface area contributed by atoms with E-state index >= 15 is 0 Å². The van der Waals surface area contributed by atoms with Gasteiger partial charge < -0.3 is 9.84 Å². The summed E-state index contributed by atoms with van der Waals surface area (Å²) in [6, 6.07) is 9.70. The van der Waals surface area contributed by atoms with E-state index in [-0.39, 0.29) is 0 Å². The second kappa shape index (κ2) is 5.84. The molecule has 0 saturated carbocycles. The second-order valence-electron chi connectivity index (χ2n) is 3.86. The van der Waals surface area contributed by atoms with Crippen LogP contribution in [0.25, 0.3) is 0 Å². The molecule has 1 aromatic heterocycles. The summed E-state index contributed by atoms with van der Waals surface area (Å²) in [5.41, 5.74) is 2.08. The third kappa shape index (κ3) is 3.32. The largest absolute Gasteiger partial charge is 0.494 e. The highest BCUT2D eigenvalue weighted by atomic mass is 32.1. The summed E-state index contributed by atoms with van der Waals surface area (Å²) in [6.45, 7) is 2.60. The number of hydrogen-bond donors (Lipinski definition) is 1. The van der Waals surface area contributed by atoms with Gasteiger partial charge in [0.25, 0.3) is 0 Å². The van der Waals surface area contributed by atoms with E-state index in [1.54, 1.807) is 11.3 Å².